The van der Waals surface area contributed by atoms with Gasteiger partial charge in [0.15, 0.2) is 6.29 Å². The van der Waals surface area contributed by atoms with Gasteiger partial charge in [0.2, 0.25) is 0 Å². The van der Waals surface area contributed by atoms with E-state index in [1.807, 2.05) is 20.8 Å². The molecule has 2 N–H and O–H groups in total. The van der Waals surface area contributed by atoms with Crippen molar-refractivity contribution in [2.45, 2.75) is 169 Å². The van der Waals surface area contributed by atoms with Gasteiger partial charge in [-0.2, -0.15) is 0 Å². The lowest BCUT2D eigenvalue weighted by molar-refractivity contribution is -0.254. The topological polar surface area (TPSA) is 93.1 Å². The zero-order chi connectivity index (χ0) is 38.0. The maximum atomic E-state index is 12.7. The molecule has 2 spiro atoms. The van der Waals surface area contributed by atoms with Crippen molar-refractivity contribution in [1.82, 2.24) is 9.80 Å². The second-order valence-electron chi connectivity index (χ2n) is 21.7. The summed E-state index contributed by atoms with van der Waals surface area (Å²) >= 11 is 0. The van der Waals surface area contributed by atoms with Crippen LogP contribution in [0.15, 0.2) is 0 Å². The number of fused-ring (bicyclic) bond motifs is 4. The lowest BCUT2D eigenvalue weighted by atomic mass is 9.41. The van der Waals surface area contributed by atoms with Crippen LogP contribution in [0.5, 0.6) is 0 Å². The van der Waals surface area contributed by atoms with Gasteiger partial charge in [0.1, 0.15) is 6.10 Å². The van der Waals surface area contributed by atoms with Crippen molar-refractivity contribution in [2.75, 3.05) is 59.2 Å². The van der Waals surface area contributed by atoms with Crippen LogP contribution in [-0.2, 0) is 23.7 Å². The summed E-state index contributed by atoms with van der Waals surface area (Å²) in [6, 6.07) is 0. The van der Waals surface area contributed by atoms with Crippen molar-refractivity contribution >= 4 is 0 Å². The van der Waals surface area contributed by atoms with E-state index in [4.69, 9.17) is 23.7 Å². The highest BCUT2D eigenvalue weighted by Gasteiger charge is 2.84. The first kappa shape index (κ1) is 39.5. The molecule has 5 saturated carbocycles. The maximum Gasteiger partial charge on any atom is 0.170 e. The van der Waals surface area contributed by atoms with E-state index in [0.717, 1.165) is 71.8 Å². The first-order valence-corrected chi connectivity index (χ1v) is 21.9. The van der Waals surface area contributed by atoms with Crippen LogP contribution in [0, 0.1) is 50.7 Å². The van der Waals surface area contributed by atoms with Crippen LogP contribution in [-0.4, -0.2) is 127 Å². The largest absolute Gasteiger partial charge is 0.390 e. The number of aliphatic hydroxyl groups is 2. The molecule has 8 aliphatic rings. The molecular formula is C44H76N2O7. The third-order valence-electron chi connectivity index (χ3n) is 18.1. The quantitative estimate of drug-likeness (QED) is 0.290. The average molecular weight is 745 g/mol. The summed E-state index contributed by atoms with van der Waals surface area (Å²) in [4.78, 5) is 5.15. The van der Waals surface area contributed by atoms with Crippen LogP contribution in [0.1, 0.15) is 121 Å². The lowest BCUT2D eigenvalue weighted by Gasteiger charge is -2.64. The maximum absolute atomic E-state index is 12.7. The predicted octanol–water partition coefficient (Wildman–Crippen LogP) is 6.13. The predicted molar refractivity (Wildman–Crippen MR) is 205 cm³/mol. The van der Waals surface area contributed by atoms with Gasteiger partial charge in [0, 0.05) is 43.7 Å². The Hall–Kier alpha value is -0.360. The highest BCUT2D eigenvalue weighted by molar-refractivity contribution is 5.33. The van der Waals surface area contributed by atoms with Crippen molar-refractivity contribution in [3.8, 4) is 0 Å². The molecule has 3 aliphatic heterocycles. The molecule has 304 valence electrons. The van der Waals surface area contributed by atoms with E-state index in [1.54, 1.807) is 0 Å². The van der Waals surface area contributed by atoms with E-state index >= 15 is 0 Å². The highest BCUT2D eigenvalue weighted by atomic mass is 16.7. The van der Waals surface area contributed by atoms with E-state index in [1.165, 1.54) is 32.1 Å². The molecule has 5 aliphatic carbocycles. The third-order valence-corrected chi connectivity index (χ3v) is 18.1. The smallest absolute Gasteiger partial charge is 0.170 e. The van der Waals surface area contributed by atoms with E-state index in [0.29, 0.717) is 41.1 Å². The van der Waals surface area contributed by atoms with E-state index in [2.05, 4.69) is 58.3 Å². The van der Waals surface area contributed by atoms with Gasteiger partial charge in [-0.05, 0) is 131 Å². The number of nitrogens with zero attached hydrogens (tertiary/aromatic N) is 2. The first-order valence-electron chi connectivity index (χ1n) is 21.9. The lowest BCUT2D eigenvalue weighted by Crippen LogP contribution is -2.61. The number of aliphatic hydroxyl groups excluding tert-OH is 1. The fourth-order valence-corrected chi connectivity index (χ4v) is 15.5. The van der Waals surface area contributed by atoms with Gasteiger partial charge < -0.3 is 33.9 Å². The van der Waals surface area contributed by atoms with Crippen LogP contribution in [0.2, 0.25) is 0 Å². The van der Waals surface area contributed by atoms with Crippen LogP contribution >= 0.6 is 0 Å². The Morgan fingerprint density at radius 2 is 1.60 bits per heavy atom. The standard InChI is InChI=1S/C44H76N2O7/c1-11-50-37(40(7,8)48)29-24-28(2)34-35(52-29)36(47)42(10)31-13-12-30-39(5,6)32(14-15-43(30)26-44(31,43)17-16-41(34,42)9)53-33-25-46(20-23-51-33)38(3,4)27-45-18-21-49-22-19-45/h28-37,47-48H,11-27H2,1-10H3/t28-,29-,30+,31+,32+,33+,34+,35+,36+,37+,41-,42-,43?,44+/m1/s1. The van der Waals surface area contributed by atoms with Gasteiger partial charge in [0.05, 0.1) is 56.4 Å². The summed E-state index contributed by atoms with van der Waals surface area (Å²) in [5.41, 5.74) is -0.470. The van der Waals surface area contributed by atoms with Crippen molar-refractivity contribution in [3.05, 3.63) is 0 Å². The Balaban J connectivity index is 0.979. The van der Waals surface area contributed by atoms with Gasteiger partial charge in [-0.25, -0.2) is 0 Å². The minimum absolute atomic E-state index is 0.0133. The second kappa shape index (κ2) is 13.3. The van der Waals surface area contributed by atoms with Crippen LogP contribution in [0.25, 0.3) is 0 Å². The molecule has 53 heavy (non-hydrogen) atoms. The monoisotopic (exact) mass is 745 g/mol. The molecule has 0 radical (unpaired) electrons. The summed E-state index contributed by atoms with van der Waals surface area (Å²) in [5.74, 6) is 1.81. The SMILES string of the molecule is CCO[C@@H]([C@H]1C[C@@H](C)[C@H]2[C@H](O1)[C@H](O)[C@@]1(C)[C@@H]3CC[C@H]4C(C)(C)[C@@H](O[C@H]5CN(C(C)(C)CN6CCOCC6)CCO5)CCC45C[C@@]35CC[C@]21C)C(C)(C)O. The minimum Gasteiger partial charge on any atom is -0.390 e. The van der Waals surface area contributed by atoms with E-state index < -0.39 is 17.8 Å². The number of hydrogen-bond acceptors (Lipinski definition) is 9. The van der Waals surface area contributed by atoms with Gasteiger partial charge in [-0.3, -0.25) is 9.80 Å². The molecule has 0 aromatic carbocycles. The Bertz CT molecular complexity index is 1350. The first-order chi connectivity index (χ1) is 24.9. The van der Waals surface area contributed by atoms with Crippen molar-refractivity contribution in [2.24, 2.45) is 50.7 Å². The van der Waals surface area contributed by atoms with Crippen LogP contribution in [0.4, 0.5) is 0 Å². The number of rotatable bonds is 9. The number of hydrogen-bond donors (Lipinski definition) is 2. The molecule has 3 saturated heterocycles. The fraction of sp³-hybridized carbons (Fsp3) is 1.00. The molecule has 1 unspecified atom stereocenters. The van der Waals surface area contributed by atoms with Crippen molar-refractivity contribution in [1.29, 1.82) is 0 Å². The highest BCUT2D eigenvalue weighted by Crippen LogP contribution is 2.89. The second-order valence-corrected chi connectivity index (χ2v) is 21.7. The van der Waals surface area contributed by atoms with Crippen LogP contribution in [0.3, 0.4) is 0 Å². The molecule has 0 amide bonds. The Morgan fingerprint density at radius 3 is 2.30 bits per heavy atom. The van der Waals surface area contributed by atoms with E-state index in [9.17, 15) is 10.2 Å². The molecule has 0 aromatic heterocycles. The van der Waals surface area contributed by atoms with Crippen molar-refractivity contribution in [3.63, 3.8) is 0 Å². The Labute approximate surface area is 321 Å². The molecule has 0 aromatic rings. The van der Waals surface area contributed by atoms with Crippen LogP contribution < -0.4 is 0 Å². The third kappa shape index (κ3) is 5.84. The molecule has 0 bridgehead atoms. The molecule has 9 heteroatoms. The molecule has 9 nitrogen and oxygen atoms in total. The van der Waals surface area contributed by atoms with Gasteiger partial charge >= 0.3 is 0 Å². The molecule has 14 atom stereocenters. The van der Waals surface area contributed by atoms with Gasteiger partial charge in [0.25, 0.3) is 0 Å². The Kier molecular flexibility index (Phi) is 9.93. The molecule has 3 heterocycles. The minimum atomic E-state index is -1.02. The van der Waals surface area contributed by atoms with E-state index in [-0.39, 0.29) is 46.4 Å². The number of morpholine rings is 2. The van der Waals surface area contributed by atoms with Crippen molar-refractivity contribution < 1.29 is 33.9 Å². The molecular weight excluding hydrogens is 668 g/mol. The summed E-state index contributed by atoms with van der Waals surface area (Å²) in [6.07, 6.45) is 7.94. The molecule has 8 fully saturated rings. The zero-order valence-electron chi connectivity index (χ0n) is 35.1. The summed E-state index contributed by atoms with van der Waals surface area (Å²) in [7, 11) is 0. The number of ether oxygens (including phenoxy) is 5. The summed E-state index contributed by atoms with van der Waals surface area (Å²) < 4.78 is 32.2. The zero-order valence-corrected chi connectivity index (χ0v) is 35.1. The average Bonchev–Trinajstić information content (AvgIpc) is 3.73. The van der Waals surface area contributed by atoms with Gasteiger partial charge in [-0.1, -0.05) is 34.6 Å². The summed E-state index contributed by atoms with van der Waals surface area (Å²) in [6.45, 7) is 30.6. The molecule has 8 rings (SSSR count). The normalized spacial score (nSPS) is 49.2. The summed E-state index contributed by atoms with van der Waals surface area (Å²) in [5, 5.41) is 23.8. The van der Waals surface area contributed by atoms with Gasteiger partial charge in [-0.15, -0.1) is 0 Å². The fourth-order valence-electron chi connectivity index (χ4n) is 15.5. The Morgan fingerprint density at radius 1 is 0.906 bits per heavy atom.